The van der Waals surface area contributed by atoms with Gasteiger partial charge in [-0.15, -0.1) is 0 Å². The van der Waals surface area contributed by atoms with Crippen molar-refractivity contribution in [2.24, 2.45) is 0 Å². The molecule has 1 aliphatic heterocycles. The third-order valence-corrected chi connectivity index (χ3v) is 6.42. The molecule has 0 aliphatic carbocycles. The van der Waals surface area contributed by atoms with Crippen LogP contribution in [0.2, 0.25) is 0 Å². The fraction of sp³-hybridized carbons (Fsp3) is 0.286. The van der Waals surface area contributed by atoms with E-state index in [1.54, 1.807) is 14.0 Å². The molecule has 2 amide bonds. The lowest BCUT2D eigenvalue weighted by Gasteiger charge is -2.27. The lowest BCUT2D eigenvalue weighted by Crippen LogP contribution is -2.52. The van der Waals surface area contributed by atoms with Crippen LogP contribution >= 0.6 is 0 Å². The number of amides is 2. The third kappa shape index (κ3) is 4.99. The maximum atomic E-state index is 13.7. The molecule has 170 valence electrons. The normalized spacial score (nSPS) is 16.6. The van der Waals surface area contributed by atoms with E-state index < -0.39 is 6.04 Å². The summed E-state index contributed by atoms with van der Waals surface area (Å²) in [6, 6.07) is 23.8. The lowest BCUT2D eigenvalue weighted by atomic mass is 9.98. The quantitative estimate of drug-likeness (QED) is 0.602. The molecule has 3 aromatic rings. The summed E-state index contributed by atoms with van der Waals surface area (Å²) in [5.41, 5.74) is 6.61. The molecular formula is C28H31N3O2. The average Bonchev–Trinajstić information content (AvgIpc) is 2.97. The monoisotopic (exact) mass is 441 g/mol. The summed E-state index contributed by atoms with van der Waals surface area (Å²) in [5, 5.41) is 5.91. The first-order chi connectivity index (χ1) is 16.0. The number of nitrogens with one attached hydrogen (secondary N) is 2. The van der Waals surface area contributed by atoms with Crippen LogP contribution in [0, 0.1) is 6.92 Å². The number of fused-ring (bicyclic) bond motifs is 1. The summed E-state index contributed by atoms with van der Waals surface area (Å²) in [5.74, 6) is -0.234. The molecule has 1 unspecified atom stereocenters. The molecule has 0 saturated carbocycles. The maximum Gasteiger partial charge on any atom is 0.249 e. The zero-order valence-corrected chi connectivity index (χ0v) is 19.5. The Morgan fingerprint density at radius 1 is 1.06 bits per heavy atom. The van der Waals surface area contributed by atoms with E-state index in [0.29, 0.717) is 13.0 Å². The minimum absolute atomic E-state index is 0.0709. The van der Waals surface area contributed by atoms with E-state index in [4.69, 9.17) is 0 Å². The highest BCUT2D eigenvalue weighted by atomic mass is 16.2. The zero-order chi connectivity index (χ0) is 23.4. The summed E-state index contributed by atoms with van der Waals surface area (Å²) in [6.45, 7) is 4.34. The van der Waals surface area contributed by atoms with Crippen LogP contribution in [0.5, 0.6) is 0 Å². The number of hydrogen-bond donors (Lipinski definition) is 2. The third-order valence-electron chi connectivity index (χ3n) is 6.42. The minimum Gasteiger partial charge on any atom is -0.343 e. The van der Waals surface area contributed by atoms with Crippen LogP contribution in [-0.2, 0) is 22.6 Å². The van der Waals surface area contributed by atoms with Crippen molar-refractivity contribution in [2.45, 2.75) is 45.3 Å². The molecule has 1 aliphatic rings. The zero-order valence-electron chi connectivity index (χ0n) is 19.5. The van der Waals surface area contributed by atoms with Crippen molar-refractivity contribution in [3.63, 3.8) is 0 Å². The van der Waals surface area contributed by atoms with Crippen molar-refractivity contribution in [2.75, 3.05) is 11.9 Å². The molecule has 0 fully saturated rings. The van der Waals surface area contributed by atoms with E-state index >= 15 is 0 Å². The molecule has 0 bridgehead atoms. The van der Waals surface area contributed by atoms with Crippen LogP contribution in [0.4, 0.5) is 5.69 Å². The number of rotatable bonds is 6. The van der Waals surface area contributed by atoms with Gasteiger partial charge in [0.2, 0.25) is 11.8 Å². The molecule has 0 aromatic heterocycles. The number of anilines is 1. The number of likely N-dealkylation sites (N-methyl/N-ethyl adjacent to an activating group) is 1. The molecule has 4 rings (SSSR count). The van der Waals surface area contributed by atoms with Gasteiger partial charge in [0, 0.05) is 5.69 Å². The SMILES string of the molecule is CN[C@@H](C)C(=O)NC1CCc2ccccc2N(Cc2ccc(C)c(-c3ccccc3)c2)C1=O. The van der Waals surface area contributed by atoms with Gasteiger partial charge in [0.15, 0.2) is 0 Å². The smallest absolute Gasteiger partial charge is 0.249 e. The van der Waals surface area contributed by atoms with Crippen LogP contribution in [0.15, 0.2) is 72.8 Å². The van der Waals surface area contributed by atoms with Gasteiger partial charge >= 0.3 is 0 Å². The Morgan fingerprint density at radius 3 is 2.55 bits per heavy atom. The van der Waals surface area contributed by atoms with Crippen LogP contribution in [0.1, 0.15) is 30.0 Å². The van der Waals surface area contributed by atoms with Crippen molar-refractivity contribution in [1.29, 1.82) is 0 Å². The van der Waals surface area contributed by atoms with Crippen molar-refractivity contribution >= 4 is 17.5 Å². The first-order valence-corrected chi connectivity index (χ1v) is 11.5. The molecule has 5 nitrogen and oxygen atoms in total. The molecule has 3 aromatic carbocycles. The number of nitrogens with zero attached hydrogens (tertiary/aromatic N) is 1. The van der Waals surface area contributed by atoms with Gasteiger partial charge in [0.05, 0.1) is 12.6 Å². The molecule has 0 radical (unpaired) electrons. The highest BCUT2D eigenvalue weighted by molar-refractivity contribution is 6.00. The Labute approximate surface area is 195 Å². The van der Waals surface area contributed by atoms with E-state index in [1.807, 2.05) is 41.3 Å². The van der Waals surface area contributed by atoms with E-state index in [2.05, 4.69) is 54.0 Å². The maximum absolute atomic E-state index is 13.7. The Morgan fingerprint density at radius 2 is 1.79 bits per heavy atom. The molecule has 2 atom stereocenters. The Hall–Kier alpha value is -3.44. The van der Waals surface area contributed by atoms with Gasteiger partial charge in [-0.05, 0) is 73.7 Å². The second-order valence-corrected chi connectivity index (χ2v) is 8.68. The van der Waals surface area contributed by atoms with Crippen molar-refractivity contribution < 1.29 is 9.59 Å². The van der Waals surface area contributed by atoms with Gasteiger partial charge in [0.1, 0.15) is 6.04 Å². The molecule has 5 heteroatoms. The first-order valence-electron chi connectivity index (χ1n) is 11.5. The standard InChI is InChI=1S/C28H31N3O2/c1-19-13-14-21(17-24(19)22-9-5-4-6-10-22)18-31-26-12-8-7-11-23(26)15-16-25(28(31)33)30-27(32)20(2)29-3/h4-14,17,20,25,29H,15-16,18H2,1-3H3,(H,30,32)/t20-,25?/m0/s1. The Balaban J connectivity index is 1.67. The highest BCUT2D eigenvalue weighted by Gasteiger charge is 2.32. The minimum atomic E-state index is -0.556. The molecule has 1 heterocycles. The van der Waals surface area contributed by atoms with E-state index in [1.165, 1.54) is 5.56 Å². The molecule has 33 heavy (non-hydrogen) atoms. The second-order valence-electron chi connectivity index (χ2n) is 8.68. The van der Waals surface area contributed by atoms with Gasteiger partial charge < -0.3 is 15.5 Å². The molecule has 0 saturated heterocycles. The fourth-order valence-electron chi connectivity index (χ4n) is 4.32. The van der Waals surface area contributed by atoms with Crippen molar-refractivity contribution in [3.8, 4) is 11.1 Å². The highest BCUT2D eigenvalue weighted by Crippen LogP contribution is 2.30. The van der Waals surface area contributed by atoms with Gasteiger partial charge in [-0.1, -0.05) is 60.7 Å². The van der Waals surface area contributed by atoms with Crippen LogP contribution < -0.4 is 15.5 Å². The van der Waals surface area contributed by atoms with E-state index in [0.717, 1.165) is 34.4 Å². The van der Waals surface area contributed by atoms with Crippen LogP contribution in [0.25, 0.3) is 11.1 Å². The predicted octanol–water partition coefficient (Wildman–Crippen LogP) is 4.23. The number of aryl methyl sites for hydroxylation is 2. The van der Waals surface area contributed by atoms with Gasteiger partial charge in [-0.2, -0.15) is 0 Å². The number of para-hydroxylation sites is 1. The first kappa shape index (κ1) is 22.7. The summed E-state index contributed by atoms with van der Waals surface area (Å²) in [6.07, 6.45) is 1.32. The van der Waals surface area contributed by atoms with E-state index in [-0.39, 0.29) is 17.9 Å². The summed E-state index contributed by atoms with van der Waals surface area (Å²) in [4.78, 5) is 28.0. The van der Waals surface area contributed by atoms with Gasteiger partial charge in [-0.3, -0.25) is 9.59 Å². The van der Waals surface area contributed by atoms with Crippen molar-refractivity contribution in [1.82, 2.24) is 10.6 Å². The summed E-state index contributed by atoms with van der Waals surface area (Å²) in [7, 11) is 1.74. The van der Waals surface area contributed by atoms with Crippen molar-refractivity contribution in [3.05, 3.63) is 89.5 Å². The van der Waals surface area contributed by atoms with Crippen LogP contribution in [0.3, 0.4) is 0 Å². The Bertz CT molecular complexity index is 1140. The summed E-state index contributed by atoms with van der Waals surface area (Å²) < 4.78 is 0. The molecular weight excluding hydrogens is 410 g/mol. The molecule has 2 N–H and O–H groups in total. The number of carbonyl (C=O) groups is 2. The topological polar surface area (TPSA) is 61.4 Å². The summed E-state index contributed by atoms with van der Waals surface area (Å²) >= 11 is 0. The predicted molar refractivity (Wildman–Crippen MR) is 133 cm³/mol. The average molecular weight is 442 g/mol. The second kappa shape index (κ2) is 10.0. The molecule has 0 spiro atoms. The fourth-order valence-corrected chi connectivity index (χ4v) is 4.32. The number of carbonyl (C=O) groups excluding carboxylic acids is 2. The van der Waals surface area contributed by atoms with E-state index in [9.17, 15) is 9.59 Å². The largest absolute Gasteiger partial charge is 0.343 e. The van der Waals surface area contributed by atoms with Gasteiger partial charge in [0.25, 0.3) is 0 Å². The number of benzene rings is 3. The van der Waals surface area contributed by atoms with Gasteiger partial charge in [-0.25, -0.2) is 0 Å². The lowest BCUT2D eigenvalue weighted by molar-refractivity contribution is -0.128. The Kier molecular flexibility index (Phi) is 6.90. The van der Waals surface area contributed by atoms with Crippen LogP contribution in [-0.4, -0.2) is 30.9 Å². The number of hydrogen-bond acceptors (Lipinski definition) is 3.